The van der Waals surface area contributed by atoms with Gasteiger partial charge in [0.25, 0.3) is 5.91 Å². The van der Waals surface area contributed by atoms with Crippen molar-refractivity contribution in [3.8, 4) is 11.5 Å². The highest BCUT2D eigenvalue weighted by Crippen LogP contribution is 2.35. The molecule has 0 spiro atoms. The minimum Gasteiger partial charge on any atom is -0.490 e. The number of hydrogen-bond acceptors (Lipinski definition) is 4. The van der Waals surface area contributed by atoms with E-state index in [-0.39, 0.29) is 5.91 Å². The molecule has 1 aromatic carbocycles. The third-order valence-electron chi connectivity index (χ3n) is 3.37. The van der Waals surface area contributed by atoms with E-state index >= 15 is 0 Å². The number of ether oxygens (including phenoxy) is 2. The third kappa shape index (κ3) is 1.89. The molecule has 0 radical (unpaired) electrons. The highest BCUT2D eigenvalue weighted by Gasteiger charge is 2.43. The first-order valence-electron chi connectivity index (χ1n) is 6.13. The van der Waals surface area contributed by atoms with Crippen molar-refractivity contribution in [3.63, 3.8) is 0 Å². The number of imide groups is 1. The van der Waals surface area contributed by atoms with Crippen LogP contribution in [-0.2, 0) is 10.3 Å². The zero-order chi connectivity index (χ0) is 13.5. The molecule has 1 aromatic rings. The standard InChI is InChI=1S/C13H14N2O4/c1-13(11(16)14-12(17)15-13)8-3-4-9-10(7-8)19-6-2-5-18-9/h3-4,7H,2,5-6H2,1H3,(H2,14,15,16,17)/t13-/m0/s1. The molecule has 100 valence electrons. The molecule has 2 heterocycles. The van der Waals surface area contributed by atoms with Gasteiger partial charge in [-0.1, -0.05) is 6.07 Å². The average Bonchev–Trinajstić information content (AvgIpc) is 2.57. The Balaban J connectivity index is 2.00. The maximum atomic E-state index is 11.9. The minimum atomic E-state index is -1.07. The van der Waals surface area contributed by atoms with Crippen LogP contribution >= 0.6 is 0 Å². The number of urea groups is 1. The lowest BCUT2D eigenvalue weighted by atomic mass is 9.92. The van der Waals surface area contributed by atoms with E-state index in [0.717, 1.165) is 6.42 Å². The zero-order valence-corrected chi connectivity index (χ0v) is 10.5. The van der Waals surface area contributed by atoms with Gasteiger partial charge in [0.15, 0.2) is 11.5 Å². The van der Waals surface area contributed by atoms with Crippen molar-refractivity contribution in [3.05, 3.63) is 23.8 Å². The van der Waals surface area contributed by atoms with Gasteiger partial charge in [-0.2, -0.15) is 0 Å². The molecule has 3 amide bonds. The number of carbonyl (C=O) groups excluding carboxylic acids is 2. The van der Waals surface area contributed by atoms with E-state index in [1.54, 1.807) is 25.1 Å². The van der Waals surface area contributed by atoms with Gasteiger partial charge in [-0.15, -0.1) is 0 Å². The van der Waals surface area contributed by atoms with Crippen LogP contribution in [0.5, 0.6) is 11.5 Å². The highest BCUT2D eigenvalue weighted by molar-refractivity contribution is 6.07. The van der Waals surface area contributed by atoms with Gasteiger partial charge in [-0.05, 0) is 24.6 Å². The van der Waals surface area contributed by atoms with Crippen LogP contribution in [0.2, 0.25) is 0 Å². The van der Waals surface area contributed by atoms with E-state index < -0.39 is 11.6 Å². The van der Waals surface area contributed by atoms with Crippen molar-refractivity contribution >= 4 is 11.9 Å². The molecular formula is C13H14N2O4. The van der Waals surface area contributed by atoms with Gasteiger partial charge >= 0.3 is 6.03 Å². The van der Waals surface area contributed by atoms with Gasteiger partial charge in [0.05, 0.1) is 13.2 Å². The maximum absolute atomic E-state index is 11.9. The number of fused-ring (bicyclic) bond motifs is 1. The van der Waals surface area contributed by atoms with Crippen molar-refractivity contribution in [2.24, 2.45) is 0 Å². The third-order valence-corrected chi connectivity index (χ3v) is 3.37. The van der Waals surface area contributed by atoms with E-state index in [1.807, 2.05) is 0 Å². The Morgan fingerprint density at radius 3 is 2.58 bits per heavy atom. The van der Waals surface area contributed by atoms with Crippen molar-refractivity contribution in [1.29, 1.82) is 0 Å². The Kier molecular flexibility index (Phi) is 2.58. The van der Waals surface area contributed by atoms with E-state index in [0.29, 0.717) is 30.3 Å². The second kappa shape index (κ2) is 4.15. The quantitative estimate of drug-likeness (QED) is 0.737. The Bertz CT molecular complexity index is 558. The minimum absolute atomic E-state index is 0.369. The highest BCUT2D eigenvalue weighted by atomic mass is 16.5. The summed E-state index contributed by atoms with van der Waals surface area (Å²) in [6.45, 7) is 2.85. The first-order valence-corrected chi connectivity index (χ1v) is 6.13. The van der Waals surface area contributed by atoms with Crippen LogP contribution in [-0.4, -0.2) is 25.2 Å². The smallest absolute Gasteiger partial charge is 0.322 e. The molecule has 0 aliphatic carbocycles. The lowest BCUT2D eigenvalue weighted by Gasteiger charge is -2.22. The summed E-state index contributed by atoms with van der Waals surface area (Å²) < 4.78 is 11.1. The van der Waals surface area contributed by atoms with Crippen LogP contribution in [0.15, 0.2) is 18.2 Å². The fourth-order valence-corrected chi connectivity index (χ4v) is 2.22. The molecule has 19 heavy (non-hydrogen) atoms. The Hall–Kier alpha value is -2.24. The van der Waals surface area contributed by atoms with E-state index in [9.17, 15) is 9.59 Å². The van der Waals surface area contributed by atoms with Gasteiger partial charge < -0.3 is 14.8 Å². The number of carbonyl (C=O) groups is 2. The first kappa shape index (κ1) is 11.8. The SMILES string of the molecule is C[C@@]1(c2ccc3c(c2)OCCCO3)NC(=O)NC1=O. The summed E-state index contributed by atoms with van der Waals surface area (Å²) in [6.07, 6.45) is 0.818. The number of nitrogens with one attached hydrogen (secondary N) is 2. The molecule has 1 fully saturated rings. The van der Waals surface area contributed by atoms with E-state index in [1.165, 1.54) is 0 Å². The number of amides is 3. The summed E-state index contributed by atoms with van der Waals surface area (Å²) in [5.41, 5.74) is -0.401. The van der Waals surface area contributed by atoms with Crippen molar-refractivity contribution in [1.82, 2.24) is 10.6 Å². The second-order valence-electron chi connectivity index (χ2n) is 4.75. The topological polar surface area (TPSA) is 76.7 Å². The molecule has 0 unspecified atom stereocenters. The molecule has 3 rings (SSSR count). The molecular weight excluding hydrogens is 248 g/mol. The molecule has 0 bridgehead atoms. The van der Waals surface area contributed by atoms with Crippen LogP contribution in [0.4, 0.5) is 4.79 Å². The van der Waals surface area contributed by atoms with Crippen LogP contribution in [0.25, 0.3) is 0 Å². The summed E-state index contributed by atoms with van der Waals surface area (Å²) in [7, 11) is 0. The maximum Gasteiger partial charge on any atom is 0.322 e. The average molecular weight is 262 g/mol. The summed E-state index contributed by atoms with van der Waals surface area (Å²) in [4.78, 5) is 23.2. The van der Waals surface area contributed by atoms with Gasteiger partial charge in [-0.3, -0.25) is 10.1 Å². The number of hydrogen-bond donors (Lipinski definition) is 2. The zero-order valence-electron chi connectivity index (χ0n) is 10.5. The Morgan fingerprint density at radius 2 is 1.89 bits per heavy atom. The predicted molar refractivity (Wildman–Crippen MR) is 66.1 cm³/mol. The van der Waals surface area contributed by atoms with Crippen LogP contribution in [0, 0.1) is 0 Å². The van der Waals surface area contributed by atoms with Crippen molar-refractivity contribution < 1.29 is 19.1 Å². The molecule has 0 saturated carbocycles. The molecule has 1 saturated heterocycles. The normalized spacial score (nSPS) is 25.5. The molecule has 6 nitrogen and oxygen atoms in total. The molecule has 1 atom stereocenters. The van der Waals surface area contributed by atoms with E-state index in [4.69, 9.17) is 9.47 Å². The fraction of sp³-hybridized carbons (Fsp3) is 0.385. The predicted octanol–water partition coefficient (Wildman–Crippen LogP) is 0.902. The first-order chi connectivity index (χ1) is 9.09. The van der Waals surface area contributed by atoms with Crippen molar-refractivity contribution in [2.45, 2.75) is 18.9 Å². The van der Waals surface area contributed by atoms with E-state index in [2.05, 4.69) is 10.6 Å². The van der Waals surface area contributed by atoms with Gasteiger partial charge in [0.1, 0.15) is 5.54 Å². The lowest BCUT2D eigenvalue weighted by Crippen LogP contribution is -2.40. The molecule has 2 N–H and O–H groups in total. The number of benzene rings is 1. The van der Waals surface area contributed by atoms with Crippen molar-refractivity contribution in [2.75, 3.05) is 13.2 Å². The summed E-state index contributed by atoms with van der Waals surface area (Å²) in [6, 6.07) is 4.78. The molecule has 6 heteroatoms. The largest absolute Gasteiger partial charge is 0.490 e. The molecule has 0 aromatic heterocycles. The van der Waals surface area contributed by atoms with Crippen LogP contribution in [0.1, 0.15) is 18.9 Å². The van der Waals surface area contributed by atoms with Gasteiger partial charge in [0, 0.05) is 6.42 Å². The lowest BCUT2D eigenvalue weighted by molar-refractivity contribution is -0.123. The van der Waals surface area contributed by atoms with Crippen LogP contribution < -0.4 is 20.1 Å². The summed E-state index contributed by atoms with van der Waals surface area (Å²) >= 11 is 0. The summed E-state index contributed by atoms with van der Waals surface area (Å²) in [5.74, 6) is 0.895. The van der Waals surface area contributed by atoms with Crippen LogP contribution in [0.3, 0.4) is 0 Å². The fourth-order valence-electron chi connectivity index (χ4n) is 2.22. The molecule has 2 aliphatic heterocycles. The monoisotopic (exact) mass is 262 g/mol. The number of rotatable bonds is 1. The Morgan fingerprint density at radius 1 is 1.16 bits per heavy atom. The second-order valence-corrected chi connectivity index (χ2v) is 4.75. The van der Waals surface area contributed by atoms with Gasteiger partial charge in [0.2, 0.25) is 0 Å². The summed E-state index contributed by atoms with van der Waals surface area (Å²) in [5, 5.41) is 4.86. The van der Waals surface area contributed by atoms with Gasteiger partial charge in [-0.25, -0.2) is 4.79 Å². The Labute approximate surface area is 110 Å². The molecule has 2 aliphatic rings.